The second-order valence-corrected chi connectivity index (χ2v) is 5.36. The summed E-state index contributed by atoms with van der Waals surface area (Å²) in [5, 5.41) is 2.85. The molecule has 0 radical (unpaired) electrons. The van der Waals surface area contributed by atoms with E-state index in [-0.39, 0.29) is 24.9 Å². The van der Waals surface area contributed by atoms with E-state index < -0.39 is 5.54 Å². The lowest BCUT2D eigenvalue weighted by molar-refractivity contribution is -0.126. The third kappa shape index (κ3) is 5.48. The van der Waals surface area contributed by atoms with Gasteiger partial charge in [0.2, 0.25) is 5.91 Å². The first kappa shape index (κ1) is 21.3. The monoisotopic (exact) mass is 346 g/mol. The Kier molecular flexibility index (Phi) is 8.79. The summed E-state index contributed by atoms with van der Waals surface area (Å²) >= 11 is 0. The number of carbonyl (C=O) groups excluding carboxylic acids is 1. The van der Waals surface area contributed by atoms with Crippen molar-refractivity contribution in [2.75, 3.05) is 21.3 Å². The van der Waals surface area contributed by atoms with Gasteiger partial charge in [-0.25, -0.2) is 0 Å². The minimum atomic E-state index is -0.887. The normalized spacial score (nSPS) is 12.6. The van der Waals surface area contributed by atoms with Crippen LogP contribution >= 0.6 is 12.4 Å². The molecule has 0 bridgehead atoms. The van der Waals surface area contributed by atoms with Gasteiger partial charge in [-0.1, -0.05) is 13.3 Å². The standard InChI is InChI=1S/C16H26N2O4.ClH/c1-6-7-16(2,17)15(19)18-10-12-13(21-4)8-11(20-3)9-14(12)22-5;/h8-9H,6-7,10,17H2,1-5H3,(H,18,19);1H. The minimum absolute atomic E-state index is 0. The fourth-order valence-electron chi connectivity index (χ4n) is 2.26. The van der Waals surface area contributed by atoms with Gasteiger partial charge in [0, 0.05) is 12.1 Å². The lowest BCUT2D eigenvalue weighted by Crippen LogP contribution is -2.51. The number of hydrogen-bond donors (Lipinski definition) is 2. The highest BCUT2D eigenvalue weighted by atomic mass is 35.5. The minimum Gasteiger partial charge on any atom is -0.496 e. The quantitative estimate of drug-likeness (QED) is 0.754. The molecule has 23 heavy (non-hydrogen) atoms. The summed E-state index contributed by atoms with van der Waals surface area (Å²) in [4.78, 5) is 12.2. The van der Waals surface area contributed by atoms with Crippen LogP contribution in [-0.2, 0) is 11.3 Å². The van der Waals surface area contributed by atoms with Gasteiger partial charge < -0.3 is 25.3 Å². The van der Waals surface area contributed by atoms with Crippen molar-refractivity contribution in [3.8, 4) is 17.2 Å². The van der Waals surface area contributed by atoms with Crippen molar-refractivity contribution < 1.29 is 19.0 Å². The predicted molar refractivity (Wildman–Crippen MR) is 92.7 cm³/mol. The molecule has 1 rings (SSSR count). The SMILES string of the molecule is CCCC(C)(N)C(=O)NCc1c(OC)cc(OC)cc1OC.Cl. The van der Waals surface area contributed by atoms with E-state index in [9.17, 15) is 4.79 Å². The van der Waals surface area contributed by atoms with E-state index in [1.54, 1.807) is 40.4 Å². The number of nitrogens with one attached hydrogen (secondary N) is 1. The first-order valence-electron chi connectivity index (χ1n) is 7.25. The average Bonchev–Trinajstić information content (AvgIpc) is 2.51. The van der Waals surface area contributed by atoms with Crippen LogP contribution in [0.2, 0.25) is 0 Å². The molecule has 0 aliphatic heterocycles. The molecule has 6 nitrogen and oxygen atoms in total. The van der Waals surface area contributed by atoms with Gasteiger partial charge in [0.15, 0.2) is 0 Å². The van der Waals surface area contributed by atoms with Crippen molar-refractivity contribution >= 4 is 18.3 Å². The van der Waals surface area contributed by atoms with Gasteiger partial charge in [0.25, 0.3) is 0 Å². The molecular formula is C16H27ClN2O4. The van der Waals surface area contributed by atoms with E-state index in [0.29, 0.717) is 23.7 Å². The van der Waals surface area contributed by atoms with Crippen LogP contribution in [0.1, 0.15) is 32.3 Å². The van der Waals surface area contributed by atoms with E-state index in [0.717, 1.165) is 12.0 Å². The summed E-state index contributed by atoms with van der Waals surface area (Å²) in [7, 11) is 4.69. The summed E-state index contributed by atoms with van der Waals surface area (Å²) < 4.78 is 15.9. The highest BCUT2D eigenvalue weighted by Crippen LogP contribution is 2.33. The molecule has 3 N–H and O–H groups in total. The maximum Gasteiger partial charge on any atom is 0.240 e. The molecule has 0 aliphatic rings. The maximum atomic E-state index is 12.2. The molecule has 1 aromatic rings. The third-order valence-electron chi connectivity index (χ3n) is 3.53. The van der Waals surface area contributed by atoms with Gasteiger partial charge in [-0.2, -0.15) is 0 Å². The van der Waals surface area contributed by atoms with Crippen molar-refractivity contribution in [1.29, 1.82) is 0 Å². The van der Waals surface area contributed by atoms with Gasteiger partial charge in [-0.05, 0) is 13.3 Å². The molecule has 0 spiro atoms. The zero-order chi connectivity index (χ0) is 16.8. The Morgan fingerprint density at radius 1 is 1.17 bits per heavy atom. The lowest BCUT2D eigenvalue weighted by atomic mass is 9.96. The molecule has 0 fully saturated rings. The van der Waals surface area contributed by atoms with E-state index in [1.165, 1.54) is 0 Å². The Labute approximate surface area is 144 Å². The van der Waals surface area contributed by atoms with Crippen LogP contribution in [0.5, 0.6) is 17.2 Å². The Morgan fingerprint density at radius 2 is 1.70 bits per heavy atom. The molecule has 0 heterocycles. The molecule has 1 atom stereocenters. The number of methoxy groups -OCH3 is 3. The number of nitrogens with two attached hydrogens (primary N) is 1. The second kappa shape index (κ2) is 9.47. The van der Waals surface area contributed by atoms with Crippen LogP contribution < -0.4 is 25.3 Å². The number of rotatable bonds is 8. The lowest BCUT2D eigenvalue weighted by Gasteiger charge is -2.23. The Morgan fingerprint density at radius 3 is 2.09 bits per heavy atom. The van der Waals surface area contributed by atoms with Crippen LogP contribution in [0.3, 0.4) is 0 Å². The molecule has 1 unspecified atom stereocenters. The largest absolute Gasteiger partial charge is 0.496 e. The molecule has 0 saturated carbocycles. The van der Waals surface area contributed by atoms with E-state index in [2.05, 4.69) is 5.32 Å². The van der Waals surface area contributed by atoms with E-state index in [1.807, 2.05) is 6.92 Å². The van der Waals surface area contributed by atoms with Crippen LogP contribution in [0.25, 0.3) is 0 Å². The summed E-state index contributed by atoms with van der Waals surface area (Å²) in [6.45, 7) is 3.99. The number of benzene rings is 1. The van der Waals surface area contributed by atoms with Gasteiger partial charge in [0.05, 0.1) is 39.0 Å². The molecule has 0 aliphatic carbocycles. The topological polar surface area (TPSA) is 82.8 Å². The number of carbonyl (C=O) groups is 1. The van der Waals surface area contributed by atoms with Crippen LogP contribution in [0.4, 0.5) is 0 Å². The molecule has 132 valence electrons. The summed E-state index contributed by atoms with van der Waals surface area (Å²) in [5.41, 5.74) is 5.88. The second-order valence-electron chi connectivity index (χ2n) is 5.36. The van der Waals surface area contributed by atoms with Crippen molar-refractivity contribution in [3.63, 3.8) is 0 Å². The van der Waals surface area contributed by atoms with Gasteiger partial charge in [-0.3, -0.25) is 4.79 Å². The first-order chi connectivity index (χ1) is 10.4. The smallest absolute Gasteiger partial charge is 0.240 e. The van der Waals surface area contributed by atoms with E-state index >= 15 is 0 Å². The van der Waals surface area contributed by atoms with Crippen LogP contribution in [0.15, 0.2) is 12.1 Å². The molecular weight excluding hydrogens is 320 g/mol. The van der Waals surface area contributed by atoms with Crippen molar-refractivity contribution in [3.05, 3.63) is 17.7 Å². The summed E-state index contributed by atoms with van der Waals surface area (Å²) in [5.74, 6) is 1.60. The third-order valence-corrected chi connectivity index (χ3v) is 3.53. The Balaban J connectivity index is 0.00000484. The number of hydrogen-bond acceptors (Lipinski definition) is 5. The molecule has 7 heteroatoms. The number of amides is 1. The highest BCUT2D eigenvalue weighted by molar-refractivity contribution is 5.85. The van der Waals surface area contributed by atoms with Gasteiger partial charge >= 0.3 is 0 Å². The van der Waals surface area contributed by atoms with Crippen molar-refractivity contribution in [2.45, 2.75) is 38.8 Å². The summed E-state index contributed by atoms with van der Waals surface area (Å²) in [6.07, 6.45) is 1.46. The first-order valence-corrected chi connectivity index (χ1v) is 7.25. The maximum absolute atomic E-state index is 12.2. The van der Waals surface area contributed by atoms with Gasteiger partial charge in [-0.15, -0.1) is 12.4 Å². The summed E-state index contributed by atoms with van der Waals surface area (Å²) in [6, 6.07) is 3.50. The molecule has 1 aromatic carbocycles. The fourth-order valence-corrected chi connectivity index (χ4v) is 2.26. The van der Waals surface area contributed by atoms with Gasteiger partial charge in [0.1, 0.15) is 17.2 Å². The zero-order valence-corrected chi connectivity index (χ0v) is 15.2. The van der Waals surface area contributed by atoms with Crippen molar-refractivity contribution in [2.24, 2.45) is 5.73 Å². The molecule has 0 aromatic heterocycles. The Hall–Kier alpha value is -1.66. The highest BCUT2D eigenvalue weighted by Gasteiger charge is 2.27. The molecule has 1 amide bonds. The Bertz CT molecular complexity index is 496. The van der Waals surface area contributed by atoms with Crippen LogP contribution in [-0.4, -0.2) is 32.8 Å². The van der Waals surface area contributed by atoms with Crippen molar-refractivity contribution in [1.82, 2.24) is 5.32 Å². The fraction of sp³-hybridized carbons (Fsp3) is 0.562. The zero-order valence-electron chi connectivity index (χ0n) is 14.4. The number of halogens is 1. The molecule has 0 saturated heterocycles. The average molecular weight is 347 g/mol. The predicted octanol–water partition coefficient (Wildman–Crippen LogP) is 2.27. The number of ether oxygens (including phenoxy) is 3. The van der Waals surface area contributed by atoms with E-state index in [4.69, 9.17) is 19.9 Å². The van der Waals surface area contributed by atoms with Crippen LogP contribution in [0, 0.1) is 0 Å².